The summed E-state index contributed by atoms with van der Waals surface area (Å²) in [5.74, 6) is -0.225. The van der Waals surface area contributed by atoms with Gasteiger partial charge in [0.1, 0.15) is 0 Å². The molecule has 0 saturated heterocycles. The van der Waals surface area contributed by atoms with Crippen LogP contribution in [-0.2, 0) is 7.05 Å². The van der Waals surface area contributed by atoms with E-state index in [1.807, 2.05) is 48.5 Å². The molecule has 2 heterocycles. The number of nitrogens with zero attached hydrogens (tertiary/aromatic N) is 3. The molecule has 0 N–H and O–H groups in total. The van der Waals surface area contributed by atoms with E-state index in [-0.39, 0.29) is 17.5 Å². The van der Waals surface area contributed by atoms with Gasteiger partial charge >= 0.3 is 0 Å². The van der Waals surface area contributed by atoms with Gasteiger partial charge in [-0.1, -0.05) is 36.4 Å². The summed E-state index contributed by atoms with van der Waals surface area (Å²) < 4.78 is 1.43. The minimum atomic E-state index is -0.334. The number of pyridine rings is 2. The molecule has 1 atom stereocenters. The molecule has 0 fully saturated rings. The van der Waals surface area contributed by atoms with Crippen molar-refractivity contribution >= 4 is 5.91 Å². The first-order chi connectivity index (χ1) is 12.1. The number of carbonyl (C=O) groups excluding carboxylic acids is 1. The van der Waals surface area contributed by atoms with E-state index in [1.54, 1.807) is 37.5 Å². The summed E-state index contributed by atoms with van der Waals surface area (Å²) in [7, 11) is 3.38. The molecule has 1 amide bonds. The van der Waals surface area contributed by atoms with Gasteiger partial charge in [-0.05, 0) is 23.8 Å². The van der Waals surface area contributed by atoms with Gasteiger partial charge < -0.3 is 9.47 Å². The SMILES string of the molecule is CN(C(=O)c1ccn(C)c(=O)c1)[C@@H](c1ccccc1)c1ccccn1. The van der Waals surface area contributed by atoms with E-state index < -0.39 is 0 Å². The van der Waals surface area contributed by atoms with Crippen molar-refractivity contribution in [2.75, 3.05) is 7.05 Å². The summed E-state index contributed by atoms with van der Waals surface area (Å²) in [5.41, 5.74) is 1.88. The van der Waals surface area contributed by atoms with Crippen LogP contribution < -0.4 is 5.56 Å². The van der Waals surface area contributed by atoms with Crippen LogP contribution >= 0.6 is 0 Å². The first-order valence-electron chi connectivity index (χ1n) is 7.97. The number of hydrogen-bond acceptors (Lipinski definition) is 3. The van der Waals surface area contributed by atoms with Gasteiger partial charge in [-0.15, -0.1) is 0 Å². The van der Waals surface area contributed by atoms with Gasteiger partial charge in [0, 0.05) is 38.1 Å². The van der Waals surface area contributed by atoms with Crippen LogP contribution in [-0.4, -0.2) is 27.4 Å². The number of amides is 1. The van der Waals surface area contributed by atoms with Crippen molar-refractivity contribution in [2.45, 2.75) is 6.04 Å². The van der Waals surface area contributed by atoms with Crippen molar-refractivity contribution in [1.29, 1.82) is 0 Å². The van der Waals surface area contributed by atoms with Crippen LogP contribution in [0.1, 0.15) is 27.7 Å². The Bertz CT molecular complexity index is 881. The maximum Gasteiger partial charge on any atom is 0.254 e. The zero-order chi connectivity index (χ0) is 17.8. The molecule has 0 bridgehead atoms. The van der Waals surface area contributed by atoms with Crippen molar-refractivity contribution < 1.29 is 4.79 Å². The molecule has 3 aromatic rings. The molecule has 0 unspecified atom stereocenters. The zero-order valence-corrected chi connectivity index (χ0v) is 14.2. The van der Waals surface area contributed by atoms with Gasteiger partial charge in [0.2, 0.25) is 0 Å². The summed E-state index contributed by atoms with van der Waals surface area (Å²) in [6, 6.07) is 18.0. The molecule has 0 radical (unpaired) electrons. The van der Waals surface area contributed by atoms with Crippen LogP contribution in [0, 0.1) is 0 Å². The summed E-state index contributed by atoms with van der Waals surface area (Å²) in [6.07, 6.45) is 3.31. The highest BCUT2D eigenvalue weighted by atomic mass is 16.2. The Morgan fingerprint density at radius 3 is 2.44 bits per heavy atom. The van der Waals surface area contributed by atoms with Gasteiger partial charge in [-0.3, -0.25) is 14.6 Å². The second-order valence-corrected chi connectivity index (χ2v) is 5.85. The number of hydrogen-bond donors (Lipinski definition) is 0. The first kappa shape index (κ1) is 16.6. The minimum absolute atomic E-state index is 0.214. The van der Waals surface area contributed by atoms with Gasteiger partial charge in [-0.25, -0.2) is 0 Å². The van der Waals surface area contributed by atoms with Crippen LogP contribution in [0.5, 0.6) is 0 Å². The molecule has 0 aliphatic carbocycles. The van der Waals surface area contributed by atoms with Crippen LogP contribution in [0.2, 0.25) is 0 Å². The Morgan fingerprint density at radius 1 is 1.08 bits per heavy atom. The predicted molar refractivity (Wildman–Crippen MR) is 96.3 cm³/mol. The Morgan fingerprint density at radius 2 is 1.80 bits per heavy atom. The van der Waals surface area contributed by atoms with E-state index in [0.29, 0.717) is 5.56 Å². The van der Waals surface area contributed by atoms with Gasteiger partial charge in [-0.2, -0.15) is 0 Å². The molecule has 5 heteroatoms. The number of aryl methyl sites for hydroxylation is 1. The van der Waals surface area contributed by atoms with E-state index in [9.17, 15) is 9.59 Å². The molecule has 0 aliphatic rings. The lowest BCUT2D eigenvalue weighted by molar-refractivity contribution is 0.0752. The van der Waals surface area contributed by atoms with Gasteiger partial charge in [0.15, 0.2) is 0 Å². The summed E-state index contributed by atoms with van der Waals surface area (Å²) in [4.78, 5) is 30.8. The summed E-state index contributed by atoms with van der Waals surface area (Å²) in [5, 5.41) is 0. The largest absolute Gasteiger partial charge is 0.329 e. The van der Waals surface area contributed by atoms with Crippen LogP contribution in [0.3, 0.4) is 0 Å². The van der Waals surface area contributed by atoms with Crippen LogP contribution in [0.25, 0.3) is 0 Å². The molecule has 2 aromatic heterocycles. The Balaban J connectivity index is 2.02. The highest BCUT2D eigenvalue weighted by molar-refractivity contribution is 5.94. The molecular formula is C20H19N3O2. The van der Waals surface area contributed by atoms with Crippen molar-refractivity contribution in [3.63, 3.8) is 0 Å². The first-order valence-corrected chi connectivity index (χ1v) is 7.97. The van der Waals surface area contributed by atoms with Crippen LogP contribution in [0.4, 0.5) is 0 Å². The maximum absolute atomic E-state index is 12.9. The third-order valence-electron chi connectivity index (χ3n) is 4.14. The average molecular weight is 333 g/mol. The summed E-state index contributed by atoms with van der Waals surface area (Å²) >= 11 is 0. The molecule has 1 aromatic carbocycles. The fraction of sp³-hybridized carbons (Fsp3) is 0.150. The van der Waals surface area contributed by atoms with Crippen molar-refractivity contribution in [3.05, 3.63) is 100 Å². The number of carbonyl (C=O) groups is 1. The topological polar surface area (TPSA) is 55.2 Å². The Hall–Kier alpha value is -3.21. The van der Waals surface area contributed by atoms with Crippen molar-refractivity contribution in [3.8, 4) is 0 Å². The third-order valence-corrected chi connectivity index (χ3v) is 4.14. The second-order valence-electron chi connectivity index (χ2n) is 5.85. The van der Waals surface area contributed by atoms with E-state index in [4.69, 9.17) is 0 Å². The molecule has 25 heavy (non-hydrogen) atoms. The third kappa shape index (κ3) is 3.50. The fourth-order valence-electron chi connectivity index (χ4n) is 2.77. The molecule has 126 valence electrons. The van der Waals surface area contributed by atoms with Crippen LogP contribution in [0.15, 0.2) is 77.9 Å². The normalized spacial score (nSPS) is 11.8. The van der Waals surface area contributed by atoms with Crippen molar-refractivity contribution in [1.82, 2.24) is 14.5 Å². The molecule has 0 spiro atoms. The highest BCUT2D eigenvalue weighted by Crippen LogP contribution is 2.27. The lowest BCUT2D eigenvalue weighted by Crippen LogP contribution is -2.33. The second kappa shape index (κ2) is 7.13. The number of aromatic nitrogens is 2. The van der Waals surface area contributed by atoms with E-state index in [0.717, 1.165) is 11.3 Å². The van der Waals surface area contributed by atoms with Crippen molar-refractivity contribution in [2.24, 2.45) is 7.05 Å². The minimum Gasteiger partial charge on any atom is -0.329 e. The van der Waals surface area contributed by atoms with E-state index >= 15 is 0 Å². The monoisotopic (exact) mass is 333 g/mol. The molecule has 0 aliphatic heterocycles. The summed E-state index contributed by atoms with van der Waals surface area (Å²) in [6.45, 7) is 0. The lowest BCUT2D eigenvalue weighted by atomic mass is 10.0. The van der Waals surface area contributed by atoms with E-state index in [1.165, 1.54) is 10.6 Å². The quantitative estimate of drug-likeness (QED) is 0.737. The molecule has 5 nitrogen and oxygen atoms in total. The average Bonchev–Trinajstić information content (AvgIpc) is 2.65. The van der Waals surface area contributed by atoms with Gasteiger partial charge in [0.25, 0.3) is 11.5 Å². The Labute approximate surface area is 146 Å². The zero-order valence-electron chi connectivity index (χ0n) is 14.2. The fourth-order valence-corrected chi connectivity index (χ4v) is 2.77. The lowest BCUT2D eigenvalue weighted by Gasteiger charge is -2.28. The van der Waals surface area contributed by atoms with Gasteiger partial charge in [0.05, 0.1) is 11.7 Å². The molecular weight excluding hydrogens is 314 g/mol. The number of rotatable bonds is 4. The predicted octanol–water partition coefficient (Wildman–Crippen LogP) is 2.64. The smallest absolute Gasteiger partial charge is 0.254 e. The Kier molecular flexibility index (Phi) is 4.75. The molecule has 3 rings (SSSR count). The highest BCUT2D eigenvalue weighted by Gasteiger charge is 2.25. The standard InChI is InChI=1S/C20H19N3O2/c1-22-13-11-16(14-18(22)24)20(25)23(2)19(15-8-4-3-5-9-15)17-10-6-7-12-21-17/h3-14,19H,1-2H3/t19-/m0/s1. The molecule has 0 saturated carbocycles. The maximum atomic E-state index is 12.9. The van der Waals surface area contributed by atoms with E-state index in [2.05, 4.69) is 4.98 Å². The number of benzene rings is 1.